The average Bonchev–Trinajstić information content (AvgIpc) is 2.84. The van der Waals surface area contributed by atoms with Gasteiger partial charge in [0.1, 0.15) is 44.4 Å². The summed E-state index contributed by atoms with van der Waals surface area (Å²) in [6.07, 6.45) is 5.76. The van der Waals surface area contributed by atoms with E-state index in [4.69, 9.17) is 32.0 Å². The topological polar surface area (TPSA) is 101 Å². The predicted molar refractivity (Wildman–Crippen MR) is 145 cm³/mol. The van der Waals surface area contributed by atoms with Crippen molar-refractivity contribution < 1.29 is 23.4 Å². The number of hydrogen-bond donors (Lipinski definition) is 1. The first-order valence-electron chi connectivity index (χ1n) is 11.5. The maximum absolute atomic E-state index is 14.3. The molecule has 0 aliphatic rings. The first-order valence-corrected chi connectivity index (χ1v) is 11.9. The molecule has 0 fully saturated rings. The zero-order valence-corrected chi connectivity index (χ0v) is 22.7. The van der Waals surface area contributed by atoms with Gasteiger partial charge in [0.2, 0.25) is 6.41 Å². The minimum atomic E-state index is -2.32. The summed E-state index contributed by atoms with van der Waals surface area (Å²) in [6, 6.07) is 3.84. The van der Waals surface area contributed by atoms with E-state index >= 15 is 0 Å². The van der Waals surface area contributed by atoms with Crippen molar-refractivity contribution >= 4 is 39.4 Å². The molecule has 0 bridgehead atoms. The van der Waals surface area contributed by atoms with Crippen molar-refractivity contribution in [2.45, 2.75) is 45.6 Å². The number of rotatable bonds is 9. The molecule has 0 saturated heterocycles. The molecule has 0 aromatic carbocycles. The molecule has 0 atom stereocenters. The first-order chi connectivity index (χ1) is 18.1. The molecule has 3 heterocycles. The summed E-state index contributed by atoms with van der Waals surface area (Å²) in [5, 5.41) is 8.03. The van der Waals surface area contributed by atoms with Crippen LogP contribution in [-0.2, 0) is 20.5 Å². The highest BCUT2D eigenvalue weighted by atomic mass is 35.5. The minimum Gasteiger partial charge on any atom is -0.500 e. The van der Waals surface area contributed by atoms with Crippen LogP contribution in [0.25, 0.3) is 11.4 Å². The van der Waals surface area contributed by atoms with Gasteiger partial charge in [-0.1, -0.05) is 11.6 Å². The number of pyridine rings is 2. The van der Waals surface area contributed by atoms with Gasteiger partial charge in [-0.15, -0.1) is 0 Å². The molecule has 3 aromatic rings. The standard InChI is InChI=1S/C26H24B2ClF2N5O3/c1-14-11-33-20(19-6-7-32-24(35-19)25(4,5)38)10-21(14)36(13-37)15(2)8-22(16(3)29)39-26(27,28)23-18(31)9-17(30)12-34-23/h6-13,38H,1-5H3/b15-8-,22-16-. The fourth-order valence-corrected chi connectivity index (χ4v) is 3.52. The van der Waals surface area contributed by atoms with Crippen molar-refractivity contribution in [2.24, 2.45) is 0 Å². The van der Waals surface area contributed by atoms with Gasteiger partial charge < -0.3 is 9.84 Å². The van der Waals surface area contributed by atoms with Gasteiger partial charge in [0.05, 0.1) is 33.7 Å². The second kappa shape index (κ2) is 11.6. The SMILES string of the molecule is [B]C([B])(OC(/C=C(/C)N(C=O)c1cc(-c2ccnc(C(C)(C)O)n2)ncc1C)=C(/C)Cl)c1ncc(F)cc1F. The summed E-state index contributed by atoms with van der Waals surface area (Å²) in [5.74, 6) is -1.91. The molecule has 13 heteroatoms. The fourth-order valence-electron chi connectivity index (χ4n) is 3.43. The number of hydrogen-bond acceptors (Lipinski definition) is 7. The molecule has 39 heavy (non-hydrogen) atoms. The van der Waals surface area contributed by atoms with Gasteiger partial charge in [0, 0.05) is 30.2 Å². The smallest absolute Gasteiger partial charge is 0.218 e. The van der Waals surface area contributed by atoms with Crippen LogP contribution in [0.5, 0.6) is 0 Å². The average molecular weight is 550 g/mol. The maximum Gasteiger partial charge on any atom is 0.218 e. The second-order valence-corrected chi connectivity index (χ2v) is 9.79. The van der Waals surface area contributed by atoms with Crippen LogP contribution >= 0.6 is 11.6 Å². The van der Waals surface area contributed by atoms with E-state index in [-0.39, 0.29) is 16.6 Å². The van der Waals surface area contributed by atoms with E-state index in [1.807, 2.05) is 0 Å². The maximum atomic E-state index is 14.3. The minimum absolute atomic E-state index is 0.0790. The van der Waals surface area contributed by atoms with E-state index in [1.165, 1.54) is 24.1 Å². The molecule has 0 aliphatic heterocycles. The van der Waals surface area contributed by atoms with Crippen LogP contribution < -0.4 is 4.90 Å². The summed E-state index contributed by atoms with van der Waals surface area (Å²) in [4.78, 5) is 30.0. The quantitative estimate of drug-likeness (QED) is 0.184. The highest BCUT2D eigenvalue weighted by molar-refractivity contribution is 6.38. The normalized spacial score (nSPS) is 13.1. The Morgan fingerprint density at radius 2 is 1.82 bits per heavy atom. The van der Waals surface area contributed by atoms with Gasteiger partial charge in [-0.05, 0) is 52.3 Å². The van der Waals surface area contributed by atoms with Crippen LogP contribution in [0.2, 0.25) is 0 Å². The van der Waals surface area contributed by atoms with Gasteiger partial charge in [-0.25, -0.2) is 18.7 Å². The van der Waals surface area contributed by atoms with Crippen molar-refractivity contribution in [3.8, 4) is 11.4 Å². The number of aliphatic hydroxyl groups is 1. The molecular weight excluding hydrogens is 525 g/mol. The molecular formula is C26H24B2ClF2N5O3. The number of ether oxygens (including phenoxy) is 1. The number of allylic oxidation sites excluding steroid dienone is 3. The Hall–Kier alpha value is -3.63. The van der Waals surface area contributed by atoms with Crippen LogP contribution in [0.1, 0.15) is 44.8 Å². The molecule has 0 unspecified atom stereocenters. The Balaban J connectivity index is 1.99. The molecule has 8 nitrogen and oxygen atoms in total. The summed E-state index contributed by atoms with van der Waals surface area (Å²) >= 11 is 6.20. The lowest BCUT2D eigenvalue weighted by Gasteiger charge is -2.29. The Kier molecular flexibility index (Phi) is 8.92. The summed E-state index contributed by atoms with van der Waals surface area (Å²) in [7, 11) is 11.9. The largest absolute Gasteiger partial charge is 0.500 e. The molecule has 0 spiro atoms. The molecule has 198 valence electrons. The molecule has 3 rings (SSSR count). The van der Waals surface area contributed by atoms with E-state index < -0.39 is 28.3 Å². The Labute approximate surface area is 232 Å². The number of halogens is 3. The van der Waals surface area contributed by atoms with Gasteiger partial charge in [0.25, 0.3) is 0 Å². The Morgan fingerprint density at radius 1 is 1.13 bits per heavy atom. The number of amides is 1. The van der Waals surface area contributed by atoms with Gasteiger partial charge >= 0.3 is 0 Å². The van der Waals surface area contributed by atoms with Crippen molar-refractivity contribution in [3.63, 3.8) is 0 Å². The molecule has 0 saturated carbocycles. The molecule has 1 N–H and O–H groups in total. The predicted octanol–water partition coefficient (Wildman–Crippen LogP) is 4.25. The van der Waals surface area contributed by atoms with E-state index in [0.717, 1.165) is 6.20 Å². The lowest BCUT2D eigenvalue weighted by molar-refractivity contribution is -0.107. The van der Waals surface area contributed by atoms with E-state index in [2.05, 4.69) is 19.9 Å². The van der Waals surface area contributed by atoms with Crippen LogP contribution in [0, 0.1) is 18.6 Å². The van der Waals surface area contributed by atoms with Crippen molar-refractivity contribution in [1.29, 1.82) is 0 Å². The molecule has 1 amide bonds. The summed E-state index contributed by atoms with van der Waals surface area (Å²) in [6.45, 7) is 7.95. The number of carbonyl (C=O) groups is 1. The van der Waals surface area contributed by atoms with E-state index in [0.29, 0.717) is 40.8 Å². The summed E-state index contributed by atoms with van der Waals surface area (Å²) < 4.78 is 33.2. The highest BCUT2D eigenvalue weighted by Gasteiger charge is 2.29. The van der Waals surface area contributed by atoms with Gasteiger partial charge in [0.15, 0.2) is 5.82 Å². The van der Waals surface area contributed by atoms with Crippen molar-refractivity contribution in [3.05, 3.63) is 88.1 Å². The highest BCUT2D eigenvalue weighted by Crippen LogP contribution is 2.30. The zero-order chi connectivity index (χ0) is 29.1. The lowest BCUT2D eigenvalue weighted by atomic mass is 9.62. The number of anilines is 1. The molecule has 3 aromatic heterocycles. The number of aryl methyl sites for hydroxylation is 1. The second-order valence-electron chi connectivity index (χ2n) is 9.22. The number of nitrogens with zero attached hydrogens (tertiary/aromatic N) is 5. The van der Waals surface area contributed by atoms with Crippen LogP contribution in [-0.4, -0.2) is 47.1 Å². The molecule has 4 radical (unpaired) electrons. The van der Waals surface area contributed by atoms with Gasteiger partial charge in [-0.2, -0.15) is 0 Å². The Morgan fingerprint density at radius 3 is 2.41 bits per heavy atom. The fraction of sp³-hybridized carbons (Fsp3) is 0.269. The van der Waals surface area contributed by atoms with E-state index in [1.54, 1.807) is 46.0 Å². The monoisotopic (exact) mass is 549 g/mol. The van der Waals surface area contributed by atoms with Crippen molar-refractivity contribution in [1.82, 2.24) is 19.9 Å². The lowest BCUT2D eigenvalue weighted by Crippen LogP contribution is -2.33. The third-order valence-corrected chi connectivity index (χ3v) is 5.61. The van der Waals surface area contributed by atoms with Crippen LogP contribution in [0.4, 0.5) is 14.5 Å². The number of carbonyl (C=O) groups excluding carboxylic acids is 1. The van der Waals surface area contributed by atoms with Gasteiger partial charge in [-0.3, -0.25) is 19.7 Å². The molecule has 0 aliphatic carbocycles. The third kappa shape index (κ3) is 7.07. The number of aromatic nitrogens is 4. The Bertz CT molecular complexity index is 1460. The van der Waals surface area contributed by atoms with Crippen LogP contribution in [0.3, 0.4) is 0 Å². The van der Waals surface area contributed by atoms with Crippen molar-refractivity contribution in [2.75, 3.05) is 4.90 Å². The third-order valence-electron chi connectivity index (χ3n) is 5.42. The summed E-state index contributed by atoms with van der Waals surface area (Å²) in [5.41, 5.74) is 0.454. The van der Waals surface area contributed by atoms with Crippen LogP contribution in [0.15, 0.2) is 59.4 Å². The zero-order valence-electron chi connectivity index (χ0n) is 21.9. The first kappa shape index (κ1) is 29.9. The van der Waals surface area contributed by atoms with E-state index in [9.17, 15) is 18.7 Å².